The van der Waals surface area contributed by atoms with Crippen molar-refractivity contribution in [2.24, 2.45) is 0 Å². The Morgan fingerprint density at radius 2 is 1.85 bits per heavy atom. The lowest BCUT2D eigenvalue weighted by molar-refractivity contribution is 0.0607. The summed E-state index contributed by atoms with van der Waals surface area (Å²) in [6, 6.07) is 6.63. The molecule has 1 aliphatic heterocycles. The fraction of sp³-hybridized carbons (Fsp3) is 0.435. The summed E-state index contributed by atoms with van der Waals surface area (Å²) in [6.45, 7) is 2.53. The third-order valence-electron chi connectivity index (χ3n) is 6.32. The zero-order valence-electron chi connectivity index (χ0n) is 18.9. The maximum atomic E-state index is 13.8. The number of sulfonamides is 1. The number of carbonyl (C=O) groups is 1. The molecule has 1 N–H and O–H groups in total. The maximum absolute atomic E-state index is 13.8. The molecule has 1 saturated carbocycles. The number of halogens is 2. The molecule has 0 spiro atoms. The number of fused-ring (bicyclic) bond motifs is 1. The van der Waals surface area contributed by atoms with Crippen LogP contribution in [0.4, 0.5) is 5.69 Å². The van der Waals surface area contributed by atoms with E-state index >= 15 is 0 Å². The van der Waals surface area contributed by atoms with Crippen molar-refractivity contribution >= 4 is 50.5 Å². The summed E-state index contributed by atoms with van der Waals surface area (Å²) in [7, 11) is -3.67. The summed E-state index contributed by atoms with van der Waals surface area (Å²) in [4.78, 5) is 20.3. The van der Waals surface area contributed by atoms with Gasteiger partial charge in [0.1, 0.15) is 0 Å². The zero-order valence-corrected chi connectivity index (χ0v) is 21.2. The van der Waals surface area contributed by atoms with Crippen LogP contribution in [0.5, 0.6) is 0 Å². The second-order valence-electron chi connectivity index (χ2n) is 9.13. The molecule has 2 fully saturated rings. The first kappa shape index (κ1) is 23.4. The van der Waals surface area contributed by atoms with E-state index in [0.29, 0.717) is 12.5 Å². The number of piperidine rings is 1. The molecule has 2 aliphatic rings. The molecular weight excluding hydrogens is 497 g/mol. The van der Waals surface area contributed by atoms with Crippen molar-refractivity contribution in [3.8, 4) is 0 Å². The molecule has 1 saturated heterocycles. The highest BCUT2D eigenvalue weighted by Crippen LogP contribution is 2.40. The fourth-order valence-electron chi connectivity index (χ4n) is 4.59. The minimum Gasteiger partial charge on any atom is -0.330 e. The monoisotopic (exact) mass is 521 g/mol. The molecule has 5 rings (SSSR count). The van der Waals surface area contributed by atoms with Gasteiger partial charge in [0.05, 0.1) is 34.3 Å². The number of nitrogens with zero attached hydrogens (tertiary/aromatic N) is 4. The van der Waals surface area contributed by atoms with Gasteiger partial charge in [0.25, 0.3) is 5.91 Å². The van der Waals surface area contributed by atoms with Crippen LogP contribution < -0.4 is 4.72 Å². The van der Waals surface area contributed by atoms with E-state index in [0.717, 1.165) is 48.2 Å². The Morgan fingerprint density at radius 3 is 2.56 bits per heavy atom. The van der Waals surface area contributed by atoms with Crippen molar-refractivity contribution in [3.05, 3.63) is 57.0 Å². The Hall–Kier alpha value is -2.36. The van der Waals surface area contributed by atoms with Gasteiger partial charge in [-0.2, -0.15) is 5.10 Å². The number of likely N-dealkylation sites (tertiary alicyclic amines) is 1. The first-order valence-corrected chi connectivity index (χ1v) is 13.9. The molecule has 0 radical (unpaired) electrons. The van der Waals surface area contributed by atoms with E-state index in [1.807, 2.05) is 17.5 Å². The second kappa shape index (κ2) is 8.70. The number of anilines is 1. The molecule has 0 bridgehead atoms. The Bertz CT molecular complexity index is 1400. The quantitative estimate of drug-likeness (QED) is 0.511. The Labute approximate surface area is 208 Å². The first-order chi connectivity index (χ1) is 16.1. The van der Waals surface area contributed by atoms with Crippen LogP contribution in [-0.2, 0) is 10.0 Å². The van der Waals surface area contributed by atoms with Gasteiger partial charge in [-0.1, -0.05) is 23.2 Å². The molecule has 8 nitrogen and oxygen atoms in total. The van der Waals surface area contributed by atoms with E-state index in [1.165, 1.54) is 25.0 Å². The minimum atomic E-state index is -3.67. The van der Waals surface area contributed by atoms with Gasteiger partial charge in [0.2, 0.25) is 10.0 Å². The molecule has 1 amide bonds. The highest BCUT2D eigenvalue weighted by atomic mass is 35.5. The second-order valence-corrected chi connectivity index (χ2v) is 11.7. The zero-order chi connectivity index (χ0) is 24.2. The summed E-state index contributed by atoms with van der Waals surface area (Å²) in [5, 5.41) is 5.11. The van der Waals surface area contributed by atoms with Crippen LogP contribution >= 0.6 is 23.2 Å². The highest BCUT2D eigenvalue weighted by molar-refractivity contribution is 7.92. The molecule has 0 unspecified atom stereocenters. The highest BCUT2D eigenvalue weighted by Gasteiger charge is 2.33. The van der Waals surface area contributed by atoms with Gasteiger partial charge in [0.15, 0.2) is 5.65 Å². The lowest BCUT2D eigenvalue weighted by Gasteiger charge is -2.35. The van der Waals surface area contributed by atoms with Crippen molar-refractivity contribution in [3.63, 3.8) is 0 Å². The molecule has 34 heavy (non-hydrogen) atoms. The van der Waals surface area contributed by atoms with E-state index in [-0.39, 0.29) is 33.2 Å². The van der Waals surface area contributed by atoms with Crippen molar-refractivity contribution < 1.29 is 13.2 Å². The Kier molecular flexibility index (Phi) is 5.98. The number of hydrogen-bond acceptors (Lipinski definition) is 5. The van der Waals surface area contributed by atoms with Gasteiger partial charge >= 0.3 is 0 Å². The normalized spacial score (nSPS) is 18.9. The van der Waals surface area contributed by atoms with Crippen LogP contribution in [0.25, 0.3) is 5.65 Å². The van der Waals surface area contributed by atoms with Gasteiger partial charge in [0, 0.05) is 34.9 Å². The molecule has 1 atom stereocenters. The Morgan fingerprint density at radius 1 is 1.09 bits per heavy atom. The predicted molar refractivity (Wildman–Crippen MR) is 132 cm³/mol. The number of benzene rings is 1. The van der Waals surface area contributed by atoms with E-state index in [1.54, 1.807) is 4.90 Å². The van der Waals surface area contributed by atoms with Crippen molar-refractivity contribution in [1.29, 1.82) is 0 Å². The van der Waals surface area contributed by atoms with E-state index < -0.39 is 10.0 Å². The summed E-state index contributed by atoms with van der Waals surface area (Å²) >= 11 is 12.5. The largest absolute Gasteiger partial charge is 0.330 e. The molecule has 2 aromatic heterocycles. The predicted octanol–water partition coefficient (Wildman–Crippen LogP) is 4.96. The number of carbonyl (C=O) groups excluding carboxylic acids is 1. The van der Waals surface area contributed by atoms with Crippen LogP contribution in [0.15, 0.2) is 24.3 Å². The molecule has 3 heterocycles. The summed E-state index contributed by atoms with van der Waals surface area (Å²) < 4.78 is 28.1. The van der Waals surface area contributed by atoms with Crippen LogP contribution in [0.2, 0.25) is 10.0 Å². The van der Waals surface area contributed by atoms with Gasteiger partial charge in [-0.25, -0.2) is 17.9 Å². The number of aromatic nitrogens is 3. The summed E-state index contributed by atoms with van der Waals surface area (Å²) in [5.41, 5.74) is 3.79. The van der Waals surface area contributed by atoms with E-state index in [2.05, 4.69) is 10.8 Å². The van der Waals surface area contributed by atoms with E-state index in [4.69, 9.17) is 33.3 Å². The molecular formula is C23H25Cl2N5O3S. The van der Waals surface area contributed by atoms with Crippen molar-refractivity contribution in [2.45, 2.75) is 51.0 Å². The summed E-state index contributed by atoms with van der Waals surface area (Å²) in [6.07, 6.45) is 5.88. The van der Waals surface area contributed by atoms with Crippen molar-refractivity contribution in [2.75, 3.05) is 17.5 Å². The third kappa shape index (κ3) is 4.61. The molecule has 3 aromatic rings. The Balaban J connectivity index is 1.54. The smallest absolute Gasteiger partial charge is 0.256 e. The fourth-order valence-corrected chi connectivity index (χ4v) is 5.77. The first-order valence-electron chi connectivity index (χ1n) is 11.3. The number of aryl methyl sites for hydroxylation is 1. The molecule has 11 heteroatoms. The average Bonchev–Trinajstić information content (AvgIpc) is 3.53. The van der Waals surface area contributed by atoms with E-state index in [9.17, 15) is 13.2 Å². The molecule has 180 valence electrons. The van der Waals surface area contributed by atoms with Gasteiger partial charge < -0.3 is 4.90 Å². The topological polar surface area (TPSA) is 96.7 Å². The van der Waals surface area contributed by atoms with Crippen LogP contribution in [0, 0.1) is 6.92 Å². The average molecular weight is 522 g/mol. The number of hydrogen-bond donors (Lipinski definition) is 1. The number of amides is 1. The van der Waals surface area contributed by atoms with Crippen molar-refractivity contribution in [1.82, 2.24) is 19.5 Å². The summed E-state index contributed by atoms with van der Waals surface area (Å²) in [5.74, 6) is 0.184. The molecule has 1 aliphatic carbocycles. The van der Waals surface area contributed by atoms with Crippen LogP contribution in [0.3, 0.4) is 0 Å². The maximum Gasteiger partial charge on any atom is 0.256 e. The number of rotatable bonds is 5. The van der Waals surface area contributed by atoms with Crippen LogP contribution in [0.1, 0.15) is 71.5 Å². The standard InChI is InChI=1S/C23H25Cl2N5O3S/c1-13-9-18(14-6-7-14)26-21-12-19(27-30(13)21)20-5-3-4-8-29(20)23(31)16-10-15(24)11-17(25)22(16)28-34(2,32)33/h9-12,14,20,28H,3-8H2,1-2H3/t20-/m0/s1. The van der Waals surface area contributed by atoms with Gasteiger partial charge in [-0.05, 0) is 57.2 Å². The van der Waals surface area contributed by atoms with Gasteiger partial charge in [-0.3, -0.25) is 9.52 Å². The van der Waals surface area contributed by atoms with Gasteiger partial charge in [-0.15, -0.1) is 0 Å². The lowest BCUT2D eigenvalue weighted by atomic mass is 9.98. The lowest BCUT2D eigenvalue weighted by Crippen LogP contribution is -2.39. The SMILES string of the molecule is Cc1cc(C2CC2)nc2cc([C@@H]3CCCCN3C(=O)c3cc(Cl)cc(Cl)c3NS(C)(=O)=O)nn12. The molecule has 1 aromatic carbocycles. The number of nitrogens with one attached hydrogen (secondary N) is 1. The van der Waals surface area contributed by atoms with Crippen LogP contribution in [-0.4, -0.2) is 46.6 Å². The third-order valence-corrected chi connectivity index (χ3v) is 7.41. The minimum absolute atomic E-state index is 0.0319.